The highest BCUT2D eigenvalue weighted by atomic mass is 19.1. The highest BCUT2D eigenvalue weighted by molar-refractivity contribution is 5.56. The van der Waals surface area contributed by atoms with E-state index in [0.717, 1.165) is 18.5 Å². The molecule has 106 valence electrons. The standard InChI is InChI=1S/C15H18FN3O/c1-10-2-3-11(8-12(10)16)15-18-6-7-19(15)13-4-5-17-9-14(13)20/h2-3,6-8,13-14,17,20H,4-5,9H2,1H3/t13-,14-/m0/s1. The quantitative estimate of drug-likeness (QED) is 0.880. The summed E-state index contributed by atoms with van der Waals surface area (Å²) in [6, 6.07) is 5.10. The highest BCUT2D eigenvalue weighted by Crippen LogP contribution is 2.27. The average molecular weight is 275 g/mol. The van der Waals surface area contributed by atoms with Crippen molar-refractivity contribution in [1.29, 1.82) is 0 Å². The third-order valence-electron chi connectivity index (χ3n) is 3.87. The van der Waals surface area contributed by atoms with Crippen molar-refractivity contribution in [3.05, 3.63) is 42.0 Å². The molecule has 0 unspecified atom stereocenters. The van der Waals surface area contributed by atoms with Crippen molar-refractivity contribution in [2.24, 2.45) is 0 Å². The van der Waals surface area contributed by atoms with E-state index in [1.165, 1.54) is 6.07 Å². The monoisotopic (exact) mass is 275 g/mol. The fraction of sp³-hybridized carbons (Fsp3) is 0.400. The largest absolute Gasteiger partial charge is 0.390 e. The number of nitrogens with one attached hydrogen (secondary N) is 1. The molecule has 1 fully saturated rings. The number of hydrogen-bond acceptors (Lipinski definition) is 3. The molecule has 1 aromatic heterocycles. The number of nitrogens with zero attached hydrogens (tertiary/aromatic N) is 2. The van der Waals surface area contributed by atoms with Gasteiger partial charge in [0, 0.05) is 24.5 Å². The van der Waals surface area contributed by atoms with E-state index < -0.39 is 6.10 Å². The molecule has 1 aliphatic heterocycles. The van der Waals surface area contributed by atoms with Crippen molar-refractivity contribution in [3.63, 3.8) is 0 Å². The van der Waals surface area contributed by atoms with Crippen LogP contribution in [0.4, 0.5) is 4.39 Å². The summed E-state index contributed by atoms with van der Waals surface area (Å²) in [7, 11) is 0. The molecule has 2 atom stereocenters. The van der Waals surface area contributed by atoms with E-state index in [9.17, 15) is 9.50 Å². The van der Waals surface area contributed by atoms with E-state index in [-0.39, 0.29) is 11.9 Å². The van der Waals surface area contributed by atoms with Crippen LogP contribution in [0, 0.1) is 12.7 Å². The van der Waals surface area contributed by atoms with Gasteiger partial charge in [0.2, 0.25) is 0 Å². The van der Waals surface area contributed by atoms with Gasteiger partial charge in [0.1, 0.15) is 11.6 Å². The number of rotatable bonds is 2. The molecule has 1 aliphatic rings. The van der Waals surface area contributed by atoms with Crippen LogP contribution >= 0.6 is 0 Å². The summed E-state index contributed by atoms with van der Waals surface area (Å²) in [5.41, 5.74) is 1.36. The molecule has 1 aromatic carbocycles. The summed E-state index contributed by atoms with van der Waals surface area (Å²) in [6.45, 7) is 3.17. The lowest BCUT2D eigenvalue weighted by molar-refractivity contribution is 0.0880. The SMILES string of the molecule is Cc1ccc(-c2nccn2[C@H]2CCNC[C@@H]2O)cc1F. The second-order valence-electron chi connectivity index (χ2n) is 5.25. The molecule has 0 spiro atoms. The number of halogens is 1. The Bertz CT molecular complexity index is 611. The van der Waals surface area contributed by atoms with E-state index in [4.69, 9.17) is 0 Å². The summed E-state index contributed by atoms with van der Waals surface area (Å²) in [5.74, 6) is 0.470. The first kappa shape index (κ1) is 13.3. The van der Waals surface area contributed by atoms with Crippen LogP contribution in [0.15, 0.2) is 30.6 Å². The van der Waals surface area contributed by atoms with Gasteiger partial charge in [0.05, 0.1) is 12.1 Å². The molecule has 0 saturated carbocycles. The molecule has 2 heterocycles. The van der Waals surface area contributed by atoms with Crippen LogP contribution in [-0.2, 0) is 0 Å². The zero-order chi connectivity index (χ0) is 14.1. The first-order chi connectivity index (χ1) is 9.66. The maximum atomic E-state index is 13.7. The van der Waals surface area contributed by atoms with Gasteiger partial charge in [-0.2, -0.15) is 0 Å². The number of aryl methyl sites for hydroxylation is 1. The molecule has 0 amide bonds. The lowest BCUT2D eigenvalue weighted by atomic mass is 10.0. The topological polar surface area (TPSA) is 50.1 Å². The minimum Gasteiger partial charge on any atom is -0.390 e. The predicted molar refractivity (Wildman–Crippen MR) is 74.9 cm³/mol. The molecule has 2 aromatic rings. The summed E-state index contributed by atoms with van der Waals surface area (Å²) in [6.07, 6.45) is 3.93. The van der Waals surface area contributed by atoms with Crippen molar-refractivity contribution < 1.29 is 9.50 Å². The number of aliphatic hydroxyl groups excluding tert-OH is 1. The van der Waals surface area contributed by atoms with Crippen molar-refractivity contribution in [3.8, 4) is 11.4 Å². The minimum atomic E-state index is -0.452. The van der Waals surface area contributed by atoms with Gasteiger partial charge in [0.25, 0.3) is 0 Å². The number of benzene rings is 1. The van der Waals surface area contributed by atoms with Crippen molar-refractivity contribution in [2.45, 2.75) is 25.5 Å². The van der Waals surface area contributed by atoms with Crippen LogP contribution in [0.25, 0.3) is 11.4 Å². The van der Waals surface area contributed by atoms with E-state index >= 15 is 0 Å². The summed E-state index contributed by atoms with van der Waals surface area (Å²) in [5, 5.41) is 13.3. The van der Waals surface area contributed by atoms with Crippen LogP contribution in [0.5, 0.6) is 0 Å². The number of hydrogen-bond donors (Lipinski definition) is 2. The fourth-order valence-electron chi connectivity index (χ4n) is 2.69. The van der Waals surface area contributed by atoms with Gasteiger partial charge in [-0.1, -0.05) is 12.1 Å². The van der Waals surface area contributed by atoms with Gasteiger partial charge in [-0.25, -0.2) is 9.37 Å². The molecule has 5 heteroatoms. The third kappa shape index (κ3) is 2.34. The van der Waals surface area contributed by atoms with Crippen LogP contribution < -0.4 is 5.32 Å². The van der Waals surface area contributed by atoms with Crippen LogP contribution in [0.2, 0.25) is 0 Å². The van der Waals surface area contributed by atoms with Crippen LogP contribution in [0.1, 0.15) is 18.0 Å². The number of imidazole rings is 1. The van der Waals surface area contributed by atoms with Crippen LogP contribution in [-0.4, -0.2) is 33.9 Å². The third-order valence-corrected chi connectivity index (χ3v) is 3.87. The maximum absolute atomic E-state index is 13.7. The van der Waals surface area contributed by atoms with E-state index in [1.807, 2.05) is 16.8 Å². The van der Waals surface area contributed by atoms with Crippen molar-refractivity contribution >= 4 is 0 Å². The molecule has 1 saturated heterocycles. The Kier molecular flexibility index (Phi) is 3.54. The van der Waals surface area contributed by atoms with Gasteiger partial charge in [-0.05, 0) is 31.5 Å². The van der Waals surface area contributed by atoms with Crippen molar-refractivity contribution in [2.75, 3.05) is 13.1 Å². The molecule has 4 nitrogen and oxygen atoms in total. The molecular formula is C15H18FN3O. The summed E-state index contributed by atoms with van der Waals surface area (Å²) < 4.78 is 15.7. The molecule has 0 radical (unpaired) electrons. The smallest absolute Gasteiger partial charge is 0.140 e. The van der Waals surface area contributed by atoms with E-state index in [0.29, 0.717) is 17.9 Å². The minimum absolute atomic E-state index is 0.0156. The Hall–Kier alpha value is -1.72. The van der Waals surface area contributed by atoms with Gasteiger partial charge >= 0.3 is 0 Å². The van der Waals surface area contributed by atoms with Gasteiger partial charge in [-0.3, -0.25) is 0 Å². The Balaban J connectivity index is 1.98. The second kappa shape index (κ2) is 5.34. The Morgan fingerprint density at radius 1 is 1.45 bits per heavy atom. The van der Waals surface area contributed by atoms with Gasteiger partial charge in [-0.15, -0.1) is 0 Å². The summed E-state index contributed by atoms with van der Waals surface area (Å²) >= 11 is 0. The lowest BCUT2D eigenvalue weighted by Crippen LogP contribution is -2.41. The molecule has 3 rings (SSSR count). The van der Waals surface area contributed by atoms with Crippen molar-refractivity contribution in [1.82, 2.24) is 14.9 Å². The molecule has 2 N–H and O–H groups in total. The van der Waals surface area contributed by atoms with Gasteiger partial charge in [0.15, 0.2) is 0 Å². The van der Waals surface area contributed by atoms with Crippen LogP contribution in [0.3, 0.4) is 0 Å². The Labute approximate surface area is 117 Å². The first-order valence-corrected chi connectivity index (χ1v) is 6.85. The fourth-order valence-corrected chi connectivity index (χ4v) is 2.69. The highest BCUT2D eigenvalue weighted by Gasteiger charge is 2.26. The van der Waals surface area contributed by atoms with Gasteiger partial charge < -0.3 is 15.0 Å². The Morgan fingerprint density at radius 2 is 2.30 bits per heavy atom. The average Bonchev–Trinajstić information content (AvgIpc) is 2.91. The predicted octanol–water partition coefficient (Wildman–Crippen LogP) is 1.89. The molecule has 20 heavy (non-hydrogen) atoms. The van der Waals surface area contributed by atoms with E-state index in [1.54, 1.807) is 19.2 Å². The lowest BCUT2D eigenvalue weighted by Gasteiger charge is -2.30. The number of aliphatic hydroxyl groups is 1. The zero-order valence-electron chi connectivity index (χ0n) is 11.4. The number of aromatic nitrogens is 2. The molecular weight excluding hydrogens is 257 g/mol. The summed E-state index contributed by atoms with van der Waals surface area (Å²) in [4.78, 5) is 4.33. The first-order valence-electron chi connectivity index (χ1n) is 6.85. The number of β-amino-alcohol motifs (C(OH)–C–C–N with tert-alkyl or cyclic N) is 1. The second-order valence-corrected chi connectivity index (χ2v) is 5.25. The molecule has 0 aliphatic carbocycles. The zero-order valence-corrected chi connectivity index (χ0v) is 11.4. The maximum Gasteiger partial charge on any atom is 0.140 e. The van der Waals surface area contributed by atoms with E-state index in [2.05, 4.69) is 10.3 Å². The Morgan fingerprint density at radius 3 is 3.05 bits per heavy atom. The normalized spacial score (nSPS) is 22.9. The number of piperidine rings is 1. The molecule has 0 bridgehead atoms.